The highest BCUT2D eigenvalue weighted by Gasteiger charge is 2.74. The lowest BCUT2D eigenvalue weighted by molar-refractivity contribution is -0.734. The van der Waals surface area contributed by atoms with E-state index in [0.717, 1.165) is 0 Å². The van der Waals surface area contributed by atoms with Gasteiger partial charge in [-0.2, -0.15) is 0 Å². The summed E-state index contributed by atoms with van der Waals surface area (Å²) in [5, 5.41) is 16.0. The van der Waals surface area contributed by atoms with Crippen LogP contribution in [0.25, 0.3) is 0 Å². The van der Waals surface area contributed by atoms with Crippen molar-refractivity contribution < 1.29 is 29.6 Å². The highest BCUT2D eigenvalue weighted by Crippen LogP contribution is 2.50. The first-order chi connectivity index (χ1) is 13.7. The molecule has 5 atom stereocenters. The van der Waals surface area contributed by atoms with Crippen molar-refractivity contribution in [2.24, 2.45) is 11.8 Å². The van der Waals surface area contributed by atoms with Crippen LogP contribution in [0.15, 0.2) is 18.2 Å². The van der Waals surface area contributed by atoms with Gasteiger partial charge in [0.2, 0.25) is 17.4 Å². The number of halogens is 1. The predicted octanol–water partition coefficient (Wildman–Crippen LogP) is -0.637. The van der Waals surface area contributed by atoms with Gasteiger partial charge in [0.1, 0.15) is 17.9 Å². The minimum Gasteiger partial charge on any atom is -0.550 e. The normalized spacial score (nSPS) is 31.2. The minimum atomic E-state index is -1.34. The zero-order valence-corrected chi connectivity index (χ0v) is 16.9. The number of nitrogens with one attached hydrogen (secondary N) is 1. The van der Waals surface area contributed by atoms with E-state index >= 15 is 0 Å². The van der Waals surface area contributed by atoms with E-state index in [1.807, 2.05) is 6.92 Å². The number of amides is 3. The molecule has 1 aromatic carbocycles. The molecule has 3 aliphatic rings. The van der Waals surface area contributed by atoms with Gasteiger partial charge in [-0.15, -0.1) is 0 Å². The number of carboxylic acid groups (broad SMARTS) is 1. The van der Waals surface area contributed by atoms with E-state index in [9.17, 15) is 24.3 Å². The fourth-order valence-electron chi connectivity index (χ4n) is 5.12. The van der Waals surface area contributed by atoms with Gasteiger partial charge in [0.15, 0.2) is 0 Å². The van der Waals surface area contributed by atoms with Crippen LogP contribution in [-0.4, -0.2) is 40.7 Å². The van der Waals surface area contributed by atoms with E-state index in [1.54, 1.807) is 30.4 Å². The predicted molar refractivity (Wildman–Crippen MR) is 100 cm³/mol. The fraction of sp³-hybridized carbons (Fsp3) is 0.500. The second-order valence-corrected chi connectivity index (χ2v) is 8.50. The van der Waals surface area contributed by atoms with E-state index in [2.05, 4.69) is 5.32 Å². The van der Waals surface area contributed by atoms with Crippen molar-refractivity contribution in [1.82, 2.24) is 4.90 Å². The molecule has 3 N–H and O–H groups in total. The zero-order chi connectivity index (χ0) is 21.1. The molecule has 0 bridgehead atoms. The number of likely N-dealkylation sites (tertiary alicyclic amines) is 1. The number of carboxylic acids is 1. The van der Waals surface area contributed by atoms with Gasteiger partial charge in [-0.05, 0) is 38.0 Å². The van der Waals surface area contributed by atoms with Crippen molar-refractivity contribution in [3.63, 3.8) is 0 Å². The monoisotopic (exact) mass is 419 g/mol. The van der Waals surface area contributed by atoms with Crippen LogP contribution in [0.2, 0.25) is 5.02 Å². The van der Waals surface area contributed by atoms with Gasteiger partial charge in [0, 0.05) is 29.0 Å². The van der Waals surface area contributed by atoms with Crippen molar-refractivity contribution in [3.8, 4) is 0 Å². The molecule has 1 aromatic rings. The lowest BCUT2D eigenvalue weighted by Crippen LogP contribution is -2.99. The molecular formula is C20H22ClN3O5. The Morgan fingerprint density at radius 1 is 1.34 bits per heavy atom. The van der Waals surface area contributed by atoms with E-state index in [0.29, 0.717) is 22.7 Å². The SMILES string of the molecule is CC[C@H](C)N1C(=O)[C@H]2[C@@H](C1=O)[C@@]1([NH2+][C@@H]2CCC(=O)[O-])C(=O)Nc2ccc(Cl)cc21. The molecule has 2 saturated heterocycles. The Kier molecular flexibility index (Phi) is 4.66. The molecule has 0 radical (unpaired) electrons. The minimum absolute atomic E-state index is 0.127. The standard InChI is InChI=1S/C20H22ClN3O5/c1-3-9(2)24-17(27)15-13(6-7-14(25)26)23-20(16(15)18(24)28)11-8-10(21)4-5-12(11)22-19(20)29/h4-5,8-9,13,15-16,23H,3,6-7H2,1-2H3,(H,22,29)(H,25,26)/t9-,13+,15+,16-,20+/m0/s1. The number of imide groups is 1. The molecule has 29 heavy (non-hydrogen) atoms. The topological polar surface area (TPSA) is 123 Å². The maximum Gasteiger partial charge on any atom is 0.291 e. The maximum absolute atomic E-state index is 13.4. The van der Waals surface area contributed by atoms with Gasteiger partial charge < -0.3 is 20.5 Å². The van der Waals surface area contributed by atoms with Gasteiger partial charge in [0.05, 0.1) is 5.69 Å². The molecule has 8 nitrogen and oxygen atoms in total. The Hall–Kier alpha value is -2.45. The summed E-state index contributed by atoms with van der Waals surface area (Å²) >= 11 is 6.18. The summed E-state index contributed by atoms with van der Waals surface area (Å²) in [4.78, 5) is 52.2. The largest absolute Gasteiger partial charge is 0.550 e. The third-order valence-electron chi connectivity index (χ3n) is 6.58. The highest BCUT2D eigenvalue weighted by molar-refractivity contribution is 6.31. The first kappa shape index (κ1) is 19.8. The summed E-state index contributed by atoms with van der Waals surface area (Å²) in [5.41, 5.74) is -0.221. The molecule has 9 heteroatoms. The zero-order valence-electron chi connectivity index (χ0n) is 16.1. The number of anilines is 1. The average molecular weight is 420 g/mol. The van der Waals surface area contributed by atoms with Gasteiger partial charge in [-0.1, -0.05) is 18.5 Å². The van der Waals surface area contributed by atoms with Crippen LogP contribution in [0.5, 0.6) is 0 Å². The van der Waals surface area contributed by atoms with Gasteiger partial charge in [0.25, 0.3) is 5.91 Å². The number of hydrogen-bond donors (Lipinski definition) is 2. The maximum atomic E-state index is 13.4. The van der Waals surface area contributed by atoms with Crippen LogP contribution in [0.1, 0.15) is 38.7 Å². The lowest BCUT2D eigenvalue weighted by atomic mass is 9.76. The van der Waals surface area contributed by atoms with Crippen LogP contribution in [0.4, 0.5) is 5.69 Å². The summed E-state index contributed by atoms with van der Waals surface area (Å²) in [6, 6.07) is 4.14. The van der Waals surface area contributed by atoms with Crippen molar-refractivity contribution in [2.75, 3.05) is 5.32 Å². The Balaban J connectivity index is 1.85. The van der Waals surface area contributed by atoms with E-state index in [4.69, 9.17) is 11.6 Å². The lowest BCUT2D eigenvalue weighted by Gasteiger charge is -2.28. The smallest absolute Gasteiger partial charge is 0.291 e. The number of quaternary nitrogens is 1. The number of benzene rings is 1. The van der Waals surface area contributed by atoms with E-state index < -0.39 is 29.4 Å². The summed E-state index contributed by atoms with van der Waals surface area (Å²) in [7, 11) is 0. The molecule has 4 rings (SSSR count). The fourth-order valence-corrected chi connectivity index (χ4v) is 5.30. The van der Waals surface area contributed by atoms with Crippen molar-refractivity contribution in [3.05, 3.63) is 28.8 Å². The van der Waals surface area contributed by atoms with E-state index in [1.165, 1.54) is 4.90 Å². The number of fused-ring (bicyclic) bond motifs is 4. The third-order valence-corrected chi connectivity index (χ3v) is 6.81. The summed E-state index contributed by atoms with van der Waals surface area (Å²) < 4.78 is 0. The van der Waals surface area contributed by atoms with Crippen molar-refractivity contribution in [2.45, 2.75) is 50.7 Å². The van der Waals surface area contributed by atoms with Crippen molar-refractivity contribution >= 4 is 41.0 Å². The average Bonchev–Trinajstić information content (AvgIpc) is 3.25. The molecule has 0 saturated carbocycles. The molecule has 2 fully saturated rings. The van der Waals surface area contributed by atoms with Crippen LogP contribution in [0.3, 0.4) is 0 Å². The van der Waals surface area contributed by atoms with E-state index in [-0.39, 0.29) is 36.6 Å². The number of carbonyl (C=O) groups is 4. The molecule has 154 valence electrons. The first-order valence-electron chi connectivity index (χ1n) is 9.76. The van der Waals surface area contributed by atoms with Crippen molar-refractivity contribution in [1.29, 1.82) is 0 Å². The van der Waals surface area contributed by atoms with Crippen LogP contribution >= 0.6 is 11.6 Å². The molecule has 0 aromatic heterocycles. The number of carbonyl (C=O) groups excluding carboxylic acids is 4. The molecular weight excluding hydrogens is 398 g/mol. The third kappa shape index (κ3) is 2.69. The molecule has 3 aliphatic heterocycles. The summed E-state index contributed by atoms with van der Waals surface area (Å²) in [5.74, 6) is -4.01. The number of nitrogens with two attached hydrogens (primary N) is 1. The number of rotatable bonds is 5. The number of nitrogens with zero attached hydrogens (tertiary/aromatic N) is 1. The molecule has 3 amide bonds. The van der Waals surface area contributed by atoms with Gasteiger partial charge >= 0.3 is 0 Å². The molecule has 3 heterocycles. The Bertz CT molecular complexity index is 935. The summed E-state index contributed by atoms with van der Waals surface area (Å²) in [6.45, 7) is 3.68. The quantitative estimate of drug-likeness (QED) is 0.615. The van der Waals surface area contributed by atoms with Crippen LogP contribution in [0, 0.1) is 11.8 Å². The second-order valence-electron chi connectivity index (χ2n) is 8.06. The Labute approximate surface area is 172 Å². The van der Waals surface area contributed by atoms with Crippen LogP contribution < -0.4 is 15.7 Å². The number of aliphatic carboxylic acids is 1. The summed E-state index contributed by atoms with van der Waals surface area (Å²) in [6.07, 6.45) is 0.461. The Morgan fingerprint density at radius 3 is 2.72 bits per heavy atom. The van der Waals surface area contributed by atoms with Crippen LogP contribution in [-0.2, 0) is 24.7 Å². The number of hydrogen-bond acceptors (Lipinski definition) is 5. The highest BCUT2D eigenvalue weighted by atomic mass is 35.5. The van der Waals surface area contributed by atoms with Gasteiger partial charge in [-0.25, -0.2) is 0 Å². The molecule has 1 spiro atoms. The Morgan fingerprint density at radius 2 is 2.07 bits per heavy atom. The second kappa shape index (κ2) is 6.81. The first-order valence-corrected chi connectivity index (χ1v) is 10.1. The van der Waals surface area contributed by atoms with Gasteiger partial charge in [-0.3, -0.25) is 19.3 Å². The molecule has 0 unspecified atom stereocenters. The molecule has 0 aliphatic carbocycles.